The quantitative estimate of drug-likeness (QED) is 0.833. The van der Waals surface area contributed by atoms with E-state index >= 15 is 0 Å². The molecule has 1 aromatic heterocycles. The van der Waals surface area contributed by atoms with Crippen molar-refractivity contribution in [2.75, 3.05) is 33.1 Å². The minimum atomic E-state index is -0.980. The molecule has 3 rings (SSSR count). The van der Waals surface area contributed by atoms with E-state index in [4.69, 9.17) is 5.11 Å². The molecule has 1 aromatic carbocycles. The lowest BCUT2D eigenvalue weighted by Crippen LogP contribution is -2.10. The van der Waals surface area contributed by atoms with Crippen LogP contribution in [-0.4, -0.2) is 54.5 Å². The first-order valence-corrected chi connectivity index (χ1v) is 8.99. The minimum absolute atomic E-state index is 0.175. The second-order valence-electron chi connectivity index (χ2n) is 6.99. The van der Waals surface area contributed by atoms with Crippen LogP contribution < -0.4 is 4.90 Å². The van der Waals surface area contributed by atoms with Crippen molar-refractivity contribution in [2.45, 2.75) is 0 Å². The summed E-state index contributed by atoms with van der Waals surface area (Å²) in [5.74, 6) is -0.980. The highest BCUT2D eigenvalue weighted by Gasteiger charge is 2.15. The van der Waals surface area contributed by atoms with Crippen molar-refractivity contribution in [3.05, 3.63) is 89.3 Å². The van der Waals surface area contributed by atoms with E-state index in [0.717, 1.165) is 33.8 Å². The van der Waals surface area contributed by atoms with Gasteiger partial charge in [-0.15, -0.1) is 0 Å². The summed E-state index contributed by atoms with van der Waals surface area (Å²) >= 11 is 0. The van der Waals surface area contributed by atoms with Crippen LogP contribution >= 0.6 is 0 Å². The molecule has 5 heteroatoms. The minimum Gasteiger partial charge on any atom is -0.478 e. The molecule has 2 aromatic rings. The summed E-state index contributed by atoms with van der Waals surface area (Å²) in [7, 11) is 8.02. The fraction of sp³-hybridized carbons (Fsp3) is 0.174. The van der Waals surface area contributed by atoms with Gasteiger partial charge in [0, 0.05) is 43.7 Å². The fourth-order valence-electron chi connectivity index (χ4n) is 2.98. The third kappa shape index (κ3) is 4.09. The van der Waals surface area contributed by atoms with Gasteiger partial charge < -0.3 is 10.0 Å². The van der Waals surface area contributed by atoms with E-state index in [1.54, 1.807) is 12.1 Å². The highest BCUT2D eigenvalue weighted by Crippen LogP contribution is 2.29. The highest BCUT2D eigenvalue weighted by molar-refractivity contribution is 6.03. The number of hydrogen-bond donors (Lipinski definition) is 1. The molecule has 0 saturated heterocycles. The summed E-state index contributed by atoms with van der Waals surface area (Å²) in [5, 5.41) is 9.16. The lowest BCUT2D eigenvalue weighted by atomic mass is 9.93. The van der Waals surface area contributed by atoms with Gasteiger partial charge in [0.25, 0.3) is 0 Å². The Morgan fingerprint density at radius 3 is 2.00 bits per heavy atom. The Morgan fingerprint density at radius 1 is 0.929 bits per heavy atom. The lowest BCUT2D eigenvalue weighted by Gasteiger charge is -2.16. The molecule has 0 unspecified atom stereocenters. The van der Waals surface area contributed by atoms with Gasteiger partial charge in [-0.1, -0.05) is 12.1 Å². The van der Waals surface area contributed by atoms with E-state index in [0.29, 0.717) is 0 Å². The molecule has 0 bridgehead atoms. The Bertz CT molecular complexity index is 987. The van der Waals surface area contributed by atoms with Gasteiger partial charge >= 0.3 is 5.97 Å². The second-order valence-corrected chi connectivity index (χ2v) is 6.99. The maximum Gasteiger partial charge on any atom is 0.337 e. The monoisotopic (exact) mass is 374 g/mol. The van der Waals surface area contributed by atoms with E-state index in [1.165, 1.54) is 6.20 Å². The number of carbonyl (C=O) groups is 1. The Balaban J connectivity index is 2.13. The third-order valence-electron chi connectivity index (χ3n) is 4.61. The smallest absolute Gasteiger partial charge is 0.337 e. The summed E-state index contributed by atoms with van der Waals surface area (Å²) in [6.07, 6.45) is 9.67. The molecule has 5 nitrogen and oxygen atoms in total. The standard InChI is InChI=1S/C23H23N3O2/c1-25(2)19-10-5-16(6-11-19)22(17-7-12-20(13-8-17)26(3)4)21-14-9-18(15-24-21)23(27)28/h5-15H,1-4H3/p+1. The molecule has 0 aliphatic heterocycles. The molecule has 28 heavy (non-hydrogen) atoms. The average Bonchev–Trinajstić information content (AvgIpc) is 2.69. The zero-order valence-corrected chi connectivity index (χ0v) is 16.5. The predicted octanol–water partition coefficient (Wildman–Crippen LogP) is 3.49. The number of aromatic nitrogens is 1. The molecule has 0 amide bonds. The third-order valence-corrected chi connectivity index (χ3v) is 4.61. The van der Waals surface area contributed by atoms with Crippen LogP contribution in [-0.2, 0) is 0 Å². The van der Waals surface area contributed by atoms with Crippen LogP contribution in [0.5, 0.6) is 0 Å². The number of nitrogens with zero attached hydrogens (tertiary/aromatic N) is 3. The molecule has 0 fully saturated rings. The van der Waals surface area contributed by atoms with Gasteiger partial charge in [-0.2, -0.15) is 0 Å². The Morgan fingerprint density at radius 2 is 1.54 bits per heavy atom. The van der Waals surface area contributed by atoms with Gasteiger partial charge in [0.05, 0.1) is 11.3 Å². The number of benzene rings is 1. The maximum atomic E-state index is 11.2. The molecule has 0 atom stereocenters. The highest BCUT2D eigenvalue weighted by atomic mass is 16.4. The summed E-state index contributed by atoms with van der Waals surface area (Å²) in [5.41, 5.74) is 6.15. The predicted molar refractivity (Wildman–Crippen MR) is 113 cm³/mol. The topological polar surface area (TPSA) is 56.4 Å². The Hall–Kier alpha value is -3.47. The average molecular weight is 374 g/mol. The summed E-state index contributed by atoms with van der Waals surface area (Å²) in [6, 6.07) is 11.6. The number of carboxylic acids is 1. The lowest BCUT2D eigenvalue weighted by molar-refractivity contribution is -0.462. The molecule has 0 radical (unpaired) electrons. The van der Waals surface area contributed by atoms with Gasteiger partial charge in [0.15, 0.2) is 5.71 Å². The van der Waals surface area contributed by atoms with Crippen molar-refractivity contribution < 1.29 is 14.5 Å². The van der Waals surface area contributed by atoms with Crippen molar-refractivity contribution >= 4 is 22.9 Å². The number of aromatic carboxylic acids is 1. The van der Waals surface area contributed by atoms with Gasteiger partial charge in [-0.3, -0.25) is 4.98 Å². The van der Waals surface area contributed by atoms with Crippen molar-refractivity contribution in [3.8, 4) is 0 Å². The van der Waals surface area contributed by atoms with Crippen LogP contribution in [0.1, 0.15) is 21.6 Å². The van der Waals surface area contributed by atoms with Crippen molar-refractivity contribution in [3.63, 3.8) is 0 Å². The van der Waals surface area contributed by atoms with Crippen LogP contribution in [0.15, 0.2) is 72.5 Å². The summed E-state index contributed by atoms with van der Waals surface area (Å²) in [4.78, 5) is 17.6. The molecule has 1 N–H and O–H groups in total. The van der Waals surface area contributed by atoms with Crippen LogP contribution in [0.3, 0.4) is 0 Å². The van der Waals surface area contributed by atoms with Crippen molar-refractivity contribution in [1.82, 2.24) is 4.98 Å². The van der Waals surface area contributed by atoms with E-state index in [-0.39, 0.29) is 5.56 Å². The maximum absolute atomic E-state index is 11.2. The molecule has 1 aliphatic carbocycles. The number of hydrogen-bond acceptors (Lipinski definition) is 3. The van der Waals surface area contributed by atoms with Crippen LogP contribution in [0.2, 0.25) is 0 Å². The SMILES string of the molecule is CN(C)c1ccc(C(=C2C=CC(=[N+](C)C)C=C2)c2ccc(C(=O)O)cn2)cc1. The number of anilines is 1. The van der Waals surface area contributed by atoms with Crippen molar-refractivity contribution in [2.24, 2.45) is 0 Å². The van der Waals surface area contributed by atoms with Crippen LogP contribution in [0.4, 0.5) is 5.69 Å². The Kier molecular flexibility index (Phi) is 5.54. The fourth-order valence-corrected chi connectivity index (χ4v) is 2.98. The van der Waals surface area contributed by atoms with Crippen LogP contribution in [0.25, 0.3) is 5.57 Å². The first-order chi connectivity index (χ1) is 13.4. The van der Waals surface area contributed by atoms with E-state index in [1.807, 2.05) is 28.2 Å². The summed E-state index contributed by atoms with van der Waals surface area (Å²) < 4.78 is 2.05. The van der Waals surface area contributed by atoms with Gasteiger partial charge in [0.1, 0.15) is 14.1 Å². The molecule has 1 aliphatic rings. The van der Waals surface area contributed by atoms with E-state index in [2.05, 4.69) is 63.0 Å². The first kappa shape index (κ1) is 19.3. The van der Waals surface area contributed by atoms with Crippen LogP contribution in [0, 0.1) is 0 Å². The number of carboxylic acid groups (broad SMARTS) is 1. The zero-order valence-electron chi connectivity index (χ0n) is 16.5. The number of allylic oxidation sites excluding steroid dienone is 5. The van der Waals surface area contributed by atoms with Crippen molar-refractivity contribution in [1.29, 1.82) is 0 Å². The first-order valence-electron chi connectivity index (χ1n) is 8.99. The van der Waals surface area contributed by atoms with Gasteiger partial charge in [-0.05, 0) is 47.6 Å². The number of rotatable bonds is 4. The molecule has 1 heterocycles. The van der Waals surface area contributed by atoms with E-state index < -0.39 is 5.97 Å². The molecule has 0 spiro atoms. The Labute approximate surface area is 165 Å². The molecule has 142 valence electrons. The number of pyridine rings is 1. The largest absolute Gasteiger partial charge is 0.478 e. The summed E-state index contributed by atoms with van der Waals surface area (Å²) in [6.45, 7) is 0. The normalized spacial score (nSPS) is 12.9. The molecular weight excluding hydrogens is 350 g/mol. The van der Waals surface area contributed by atoms with Gasteiger partial charge in [-0.25, -0.2) is 9.37 Å². The zero-order chi connectivity index (χ0) is 20.3. The van der Waals surface area contributed by atoms with E-state index in [9.17, 15) is 4.79 Å². The molecular formula is C23H24N3O2+. The second kappa shape index (κ2) is 8.05. The molecule has 0 saturated carbocycles. The van der Waals surface area contributed by atoms with Gasteiger partial charge in [0.2, 0.25) is 0 Å².